The highest BCUT2D eigenvalue weighted by molar-refractivity contribution is 5.98. The molecule has 2 aliphatic carbocycles. The number of para-hydroxylation sites is 3. The Hall–Kier alpha value is -18.3. The van der Waals surface area contributed by atoms with Crippen LogP contribution in [0.3, 0.4) is 0 Å². The Labute approximate surface area is 784 Å². The van der Waals surface area contributed by atoms with Gasteiger partial charge in [-0.25, -0.2) is 59.8 Å². The fraction of sp³-hybridized carbons (Fsp3) is 0.0336. The van der Waals surface area contributed by atoms with Gasteiger partial charge in [0.1, 0.15) is 23.0 Å². The minimum Gasteiger partial charge on any atom is -0.457 e. The lowest BCUT2D eigenvalue weighted by Gasteiger charge is -2.40. The normalized spacial score (nSPS) is 14.3. The van der Waals surface area contributed by atoms with Crippen LogP contribution >= 0.6 is 0 Å². The van der Waals surface area contributed by atoms with Gasteiger partial charge in [-0.2, -0.15) is 18.4 Å². The van der Waals surface area contributed by atoms with Crippen molar-refractivity contribution in [3.8, 4) is 210 Å². The fourth-order valence-corrected chi connectivity index (χ4v) is 20.1. The Morgan fingerprint density at radius 1 is 0.226 bits per heavy atom. The first-order valence-electron chi connectivity index (χ1n) is 44.9. The standard InChI is InChI=1S/C119H70F3N13O2/c1-70-49-60-89-98(63-70)118(93-43-16-18-47-100(93)136-102-68-85(59-62-95(102)118)114-128-105(74-25-6-2-7-26-74)125-110(130-114)81-35-20-33-79(64-81)72-52-50-71(69-123)51-53-72)96-45-23-40-90(103(89)96)115-132-107(76-29-10-4-11-30-76)124-109(133-115)78-56-54-73(55-57-78)80-34-21-36-82(65-80)111-129-108(77-31-12-5-13-32-77)134-116(135-111)91-41-24-46-97-104(91)137-101-48-19-17-44-94(101)117(97)92-42-15-14-39-87(92)88-61-58-84(67-99(88)117)113-127-106(75-27-8-3-9-28-75)126-112(131-113)83-37-22-38-86(66-83)119(120,121)122/h2-68H,1H3. The molecular formula is C119H70F3N13O2. The van der Waals surface area contributed by atoms with Gasteiger partial charge in [0.2, 0.25) is 0 Å². The molecule has 644 valence electrons. The molecule has 4 aromatic heterocycles. The number of hydrogen-bond acceptors (Lipinski definition) is 15. The molecule has 4 aliphatic rings. The van der Waals surface area contributed by atoms with Crippen molar-refractivity contribution in [3.05, 3.63) is 468 Å². The molecule has 0 bridgehead atoms. The van der Waals surface area contributed by atoms with Crippen LogP contribution in [0.25, 0.3) is 181 Å². The summed E-state index contributed by atoms with van der Waals surface area (Å²) in [7, 11) is 0. The van der Waals surface area contributed by atoms with Crippen LogP contribution in [0.15, 0.2) is 406 Å². The molecule has 17 aromatic carbocycles. The number of nitriles is 1. The average Bonchev–Trinajstić information content (AvgIpc) is 1.53. The van der Waals surface area contributed by atoms with Gasteiger partial charge in [-0.15, -0.1) is 0 Å². The first-order valence-corrected chi connectivity index (χ1v) is 44.9. The summed E-state index contributed by atoms with van der Waals surface area (Å²) in [4.78, 5) is 63.0. The van der Waals surface area contributed by atoms with Gasteiger partial charge in [-0.3, -0.25) is 0 Å². The van der Waals surface area contributed by atoms with Crippen molar-refractivity contribution in [1.82, 2.24) is 59.8 Å². The van der Waals surface area contributed by atoms with Crippen molar-refractivity contribution in [3.63, 3.8) is 0 Å². The summed E-state index contributed by atoms with van der Waals surface area (Å²) in [6.07, 6.45) is -4.60. The lowest BCUT2D eigenvalue weighted by Crippen LogP contribution is -2.32. The molecule has 137 heavy (non-hydrogen) atoms. The van der Waals surface area contributed by atoms with Gasteiger partial charge in [0.25, 0.3) is 0 Å². The Morgan fingerprint density at radius 3 is 1.09 bits per heavy atom. The second-order valence-corrected chi connectivity index (χ2v) is 34.4. The zero-order valence-corrected chi connectivity index (χ0v) is 72.9. The molecule has 0 fully saturated rings. The van der Waals surface area contributed by atoms with Crippen molar-refractivity contribution in [2.75, 3.05) is 0 Å². The summed E-state index contributed by atoms with van der Waals surface area (Å²) in [5.74, 6) is 7.45. The van der Waals surface area contributed by atoms with Crippen LogP contribution in [0.5, 0.6) is 23.0 Å². The third-order valence-electron chi connectivity index (χ3n) is 26.4. The predicted octanol–water partition coefficient (Wildman–Crippen LogP) is 27.9. The van der Waals surface area contributed by atoms with E-state index in [9.17, 15) is 18.4 Å². The first kappa shape index (κ1) is 80.7. The van der Waals surface area contributed by atoms with E-state index in [2.05, 4.69) is 165 Å². The first-order chi connectivity index (χ1) is 67.3. The molecule has 21 aromatic rings. The minimum atomic E-state index is -4.60. The number of benzene rings is 17. The van der Waals surface area contributed by atoms with E-state index < -0.39 is 22.6 Å². The van der Waals surface area contributed by atoms with Crippen LogP contribution in [0.4, 0.5) is 13.2 Å². The molecule has 0 radical (unpaired) electrons. The Kier molecular flexibility index (Phi) is 19.0. The van der Waals surface area contributed by atoms with E-state index in [0.717, 1.165) is 151 Å². The molecule has 0 saturated heterocycles. The van der Waals surface area contributed by atoms with Gasteiger partial charge in [0, 0.05) is 83.5 Å². The van der Waals surface area contributed by atoms with E-state index in [0.29, 0.717) is 103 Å². The summed E-state index contributed by atoms with van der Waals surface area (Å²) >= 11 is 0. The maximum Gasteiger partial charge on any atom is 0.416 e. The molecule has 18 heteroatoms. The van der Waals surface area contributed by atoms with Gasteiger partial charge < -0.3 is 9.47 Å². The highest BCUT2D eigenvalue weighted by Crippen LogP contribution is 2.66. The van der Waals surface area contributed by atoms with E-state index in [-0.39, 0.29) is 17.2 Å². The van der Waals surface area contributed by atoms with Crippen molar-refractivity contribution in [1.29, 1.82) is 5.26 Å². The predicted molar refractivity (Wildman–Crippen MR) is 525 cm³/mol. The molecule has 0 N–H and O–H groups in total. The van der Waals surface area contributed by atoms with Crippen LogP contribution in [-0.4, -0.2) is 59.8 Å². The summed E-state index contributed by atoms with van der Waals surface area (Å²) in [5.41, 5.74) is 22.8. The molecule has 2 aliphatic heterocycles. The molecule has 2 spiro atoms. The number of aryl methyl sites for hydroxylation is 1. The Balaban J connectivity index is 0.580. The van der Waals surface area contributed by atoms with Crippen molar-refractivity contribution in [2.24, 2.45) is 0 Å². The van der Waals surface area contributed by atoms with Crippen molar-refractivity contribution < 1.29 is 22.6 Å². The number of aromatic nitrogens is 12. The molecule has 6 heterocycles. The van der Waals surface area contributed by atoms with Crippen LogP contribution in [0.2, 0.25) is 0 Å². The third-order valence-corrected chi connectivity index (χ3v) is 26.4. The summed E-state index contributed by atoms with van der Waals surface area (Å²) in [6.45, 7) is 2.14. The minimum absolute atomic E-state index is 0.0926. The molecular weight excluding hydrogens is 1700 g/mol. The maximum absolute atomic E-state index is 14.4. The molecule has 15 nitrogen and oxygen atoms in total. The van der Waals surface area contributed by atoms with Gasteiger partial charge in [-0.05, 0) is 140 Å². The van der Waals surface area contributed by atoms with Gasteiger partial charge in [0.15, 0.2) is 69.9 Å². The van der Waals surface area contributed by atoms with E-state index in [1.54, 1.807) is 6.07 Å². The number of nitrogens with zero attached hydrogens (tertiary/aromatic N) is 13. The SMILES string of the molecule is Cc1ccc2c(c1)C1(c3ccccc3Oc3cc(-c4nc(-c5ccccc5)nc(-c5cccc(-c6ccc(C#N)cc6)c5)n4)ccc31)c1cccc(-c3nc(-c4ccccc4)nc(-c4ccc(-c5cccc(-c6nc(-c7ccccc7)nc(-c7cccc8c7Oc7ccccc7C87c8ccccc8-c8ccc(-c9nc(-c%10ccccc%10)nc(-c%10cccc(C(F)(F)F)c%10)n9)cc87)n6)c5)cc4)n3)c1-2. The Bertz CT molecular complexity index is 8560. The third kappa shape index (κ3) is 13.6. The second kappa shape index (κ2) is 32.3. The molecule has 2 atom stereocenters. The number of hydrogen-bond donors (Lipinski definition) is 0. The van der Waals surface area contributed by atoms with Gasteiger partial charge >= 0.3 is 6.18 Å². The van der Waals surface area contributed by atoms with Crippen molar-refractivity contribution >= 4 is 0 Å². The summed E-state index contributed by atoms with van der Waals surface area (Å²) < 4.78 is 57.7. The van der Waals surface area contributed by atoms with E-state index >= 15 is 0 Å². The van der Waals surface area contributed by atoms with E-state index in [4.69, 9.17) is 69.3 Å². The lowest BCUT2D eigenvalue weighted by atomic mass is 9.65. The molecule has 0 amide bonds. The highest BCUT2D eigenvalue weighted by atomic mass is 19.4. The van der Waals surface area contributed by atoms with Crippen LogP contribution in [-0.2, 0) is 17.0 Å². The Morgan fingerprint density at radius 2 is 0.562 bits per heavy atom. The monoisotopic (exact) mass is 1770 g/mol. The van der Waals surface area contributed by atoms with Gasteiger partial charge in [-0.1, -0.05) is 345 Å². The number of halogens is 3. The van der Waals surface area contributed by atoms with Crippen LogP contribution in [0, 0.1) is 18.3 Å². The highest BCUT2D eigenvalue weighted by Gasteiger charge is 2.54. The van der Waals surface area contributed by atoms with Crippen molar-refractivity contribution in [2.45, 2.75) is 23.9 Å². The molecule has 2 unspecified atom stereocenters. The summed E-state index contributed by atoms with van der Waals surface area (Å²) in [5, 5.41) is 9.60. The number of rotatable bonds is 14. The molecule has 0 saturated carbocycles. The number of ether oxygens (including phenoxy) is 2. The lowest BCUT2D eigenvalue weighted by molar-refractivity contribution is -0.137. The fourth-order valence-electron chi connectivity index (χ4n) is 20.1. The summed E-state index contributed by atoms with van der Waals surface area (Å²) in [6, 6.07) is 135. The largest absolute Gasteiger partial charge is 0.457 e. The van der Waals surface area contributed by atoms with E-state index in [1.165, 1.54) is 6.07 Å². The quantitative estimate of drug-likeness (QED) is 0.0996. The maximum atomic E-state index is 14.4. The molecule has 25 rings (SSSR count). The number of alkyl halides is 3. The second-order valence-electron chi connectivity index (χ2n) is 34.4. The zero-order chi connectivity index (χ0) is 91.6. The van der Waals surface area contributed by atoms with E-state index in [1.807, 2.05) is 231 Å². The van der Waals surface area contributed by atoms with Crippen LogP contribution < -0.4 is 9.47 Å². The topological polar surface area (TPSA) is 197 Å². The zero-order valence-electron chi connectivity index (χ0n) is 72.9. The average molecular weight is 1770 g/mol. The smallest absolute Gasteiger partial charge is 0.416 e. The number of fused-ring (bicyclic) bond motifs is 18. The van der Waals surface area contributed by atoms with Crippen LogP contribution in [0.1, 0.15) is 61.2 Å². The van der Waals surface area contributed by atoms with Gasteiger partial charge in [0.05, 0.1) is 33.6 Å².